The van der Waals surface area contributed by atoms with Gasteiger partial charge in [-0.2, -0.15) is 0 Å². The Hall–Kier alpha value is -3.86. The second-order valence-electron chi connectivity index (χ2n) is 7.52. The predicted octanol–water partition coefficient (Wildman–Crippen LogP) is 5.80. The van der Waals surface area contributed by atoms with Crippen LogP contribution in [0.2, 0.25) is 0 Å². The Labute approximate surface area is 180 Å². The SMILES string of the molecule is COc1cc(-c2cc(C(=O)O)c3cc(C)ccc3n2)ccc1OCc1ccc(C)cc1. The van der Waals surface area contributed by atoms with Gasteiger partial charge >= 0.3 is 5.97 Å². The number of benzene rings is 3. The lowest BCUT2D eigenvalue weighted by atomic mass is 10.0. The molecule has 0 aliphatic rings. The highest BCUT2D eigenvalue weighted by Gasteiger charge is 2.15. The number of hydrogen-bond acceptors (Lipinski definition) is 4. The fraction of sp³-hybridized carbons (Fsp3) is 0.154. The molecule has 5 heteroatoms. The molecule has 4 rings (SSSR count). The van der Waals surface area contributed by atoms with Crippen molar-refractivity contribution in [3.63, 3.8) is 0 Å². The first kappa shape index (κ1) is 20.4. The molecule has 4 aromatic rings. The summed E-state index contributed by atoms with van der Waals surface area (Å²) in [6.45, 7) is 4.40. The van der Waals surface area contributed by atoms with Crippen LogP contribution in [0.5, 0.6) is 11.5 Å². The lowest BCUT2D eigenvalue weighted by molar-refractivity contribution is 0.0699. The molecular weight excluding hydrogens is 390 g/mol. The topological polar surface area (TPSA) is 68.7 Å². The van der Waals surface area contributed by atoms with Crippen molar-refractivity contribution in [1.29, 1.82) is 0 Å². The van der Waals surface area contributed by atoms with Crippen molar-refractivity contribution in [2.75, 3.05) is 7.11 Å². The van der Waals surface area contributed by atoms with Gasteiger partial charge in [-0.05, 0) is 55.8 Å². The number of carboxylic acids is 1. The second kappa shape index (κ2) is 8.48. The molecule has 0 fully saturated rings. The third kappa shape index (κ3) is 4.36. The van der Waals surface area contributed by atoms with E-state index in [-0.39, 0.29) is 5.56 Å². The number of pyridine rings is 1. The number of ether oxygens (including phenoxy) is 2. The Morgan fingerprint density at radius 3 is 2.35 bits per heavy atom. The summed E-state index contributed by atoms with van der Waals surface area (Å²) in [4.78, 5) is 16.5. The maximum Gasteiger partial charge on any atom is 0.336 e. The molecule has 0 saturated carbocycles. The summed E-state index contributed by atoms with van der Waals surface area (Å²) in [7, 11) is 1.58. The van der Waals surface area contributed by atoms with E-state index < -0.39 is 5.97 Å². The average Bonchev–Trinajstić information content (AvgIpc) is 2.77. The number of fused-ring (bicyclic) bond motifs is 1. The van der Waals surface area contributed by atoms with Crippen molar-refractivity contribution < 1.29 is 19.4 Å². The fourth-order valence-corrected chi connectivity index (χ4v) is 3.46. The second-order valence-corrected chi connectivity index (χ2v) is 7.52. The van der Waals surface area contributed by atoms with Gasteiger partial charge < -0.3 is 14.6 Å². The molecule has 5 nitrogen and oxygen atoms in total. The smallest absolute Gasteiger partial charge is 0.336 e. The molecule has 1 N–H and O–H groups in total. The zero-order chi connectivity index (χ0) is 22.0. The van der Waals surface area contributed by atoms with Crippen LogP contribution >= 0.6 is 0 Å². The van der Waals surface area contributed by atoms with Crippen LogP contribution in [0.4, 0.5) is 0 Å². The molecule has 0 saturated heterocycles. The number of aromatic carboxylic acids is 1. The van der Waals surface area contributed by atoms with Gasteiger partial charge in [0.1, 0.15) is 6.61 Å². The number of rotatable bonds is 6. The van der Waals surface area contributed by atoms with Crippen molar-refractivity contribution in [3.05, 3.63) is 89.0 Å². The summed E-state index contributed by atoms with van der Waals surface area (Å²) >= 11 is 0. The highest BCUT2D eigenvalue weighted by atomic mass is 16.5. The van der Waals surface area contributed by atoms with Crippen LogP contribution in [0.3, 0.4) is 0 Å². The molecule has 0 unspecified atom stereocenters. The minimum atomic E-state index is -0.982. The normalized spacial score (nSPS) is 10.8. The maximum absolute atomic E-state index is 11.9. The molecule has 0 bridgehead atoms. The molecule has 0 radical (unpaired) electrons. The largest absolute Gasteiger partial charge is 0.493 e. The van der Waals surface area contributed by atoms with Crippen molar-refractivity contribution in [3.8, 4) is 22.8 Å². The molecule has 0 atom stereocenters. The van der Waals surface area contributed by atoms with E-state index in [2.05, 4.69) is 4.98 Å². The lowest BCUT2D eigenvalue weighted by Crippen LogP contribution is -2.01. The minimum absolute atomic E-state index is 0.224. The van der Waals surface area contributed by atoms with Crippen molar-refractivity contribution in [2.24, 2.45) is 0 Å². The number of hydrogen-bond donors (Lipinski definition) is 1. The highest BCUT2D eigenvalue weighted by molar-refractivity contribution is 6.04. The summed E-state index contributed by atoms with van der Waals surface area (Å²) < 4.78 is 11.5. The van der Waals surface area contributed by atoms with Crippen molar-refractivity contribution >= 4 is 16.9 Å². The van der Waals surface area contributed by atoms with Gasteiger partial charge in [0.05, 0.1) is 23.9 Å². The Morgan fingerprint density at radius 2 is 1.65 bits per heavy atom. The molecule has 0 aliphatic carbocycles. The van der Waals surface area contributed by atoms with Crippen LogP contribution in [0, 0.1) is 13.8 Å². The Morgan fingerprint density at radius 1 is 0.903 bits per heavy atom. The number of carboxylic acid groups (broad SMARTS) is 1. The van der Waals surface area contributed by atoms with E-state index in [9.17, 15) is 9.90 Å². The van der Waals surface area contributed by atoms with E-state index in [4.69, 9.17) is 9.47 Å². The number of aryl methyl sites for hydroxylation is 2. The number of carbonyl (C=O) groups is 1. The molecule has 0 aliphatic heterocycles. The van der Waals surface area contributed by atoms with Gasteiger partial charge in [0, 0.05) is 10.9 Å². The maximum atomic E-state index is 11.9. The van der Waals surface area contributed by atoms with Crippen molar-refractivity contribution in [1.82, 2.24) is 4.98 Å². The molecule has 0 spiro atoms. The average molecular weight is 413 g/mol. The first-order chi connectivity index (χ1) is 14.9. The van der Waals surface area contributed by atoms with E-state index >= 15 is 0 Å². The number of aromatic nitrogens is 1. The summed E-state index contributed by atoms with van der Waals surface area (Å²) in [6, 6.07) is 20.9. The molecule has 31 heavy (non-hydrogen) atoms. The highest BCUT2D eigenvalue weighted by Crippen LogP contribution is 2.34. The van der Waals surface area contributed by atoms with E-state index in [1.54, 1.807) is 13.2 Å². The van der Waals surface area contributed by atoms with Gasteiger partial charge in [0.15, 0.2) is 11.5 Å². The van der Waals surface area contributed by atoms with Crippen molar-refractivity contribution in [2.45, 2.75) is 20.5 Å². The zero-order valence-electron chi connectivity index (χ0n) is 17.7. The third-order valence-corrected chi connectivity index (χ3v) is 5.17. The summed E-state index contributed by atoms with van der Waals surface area (Å²) in [5, 5.41) is 10.3. The number of methoxy groups -OCH3 is 1. The minimum Gasteiger partial charge on any atom is -0.493 e. The van der Waals surface area contributed by atoms with E-state index in [0.717, 1.165) is 16.7 Å². The van der Waals surface area contributed by atoms with Crippen LogP contribution in [0.15, 0.2) is 66.7 Å². The Balaban J connectivity index is 1.68. The first-order valence-electron chi connectivity index (χ1n) is 9.96. The van der Waals surface area contributed by atoms with Gasteiger partial charge in [0.25, 0.3) is 0 Å². The number of nitrogens with zero attached hydrogens (tertiary/aromatic N) is 1. The summed E-state index contributed by atoms with van der Waals surface area (Å²) in [5.41, 5.74) is 5.43. The summed E-state index contributed by atoms with van der Waals surface area (Å²) in [5.74, 6) is 0.193. The van der Waals surface area contributed by atoms with E-state index in [0.29, 0.717) is 34.7 Å². The molecule has 3 aromatic carbocycles. The predicted molar refractivity (Wildman–Crippen MR) is 121 cm³/mol. The summed E-state index contributed by atoms with van der Waals surface area (Å²) in [6.07, 6.45) is 0. The van der Waals surface area contributed by atoms with Gasteiger partial charge in [-0.15, -0.1) is 0 Å². The quantitative estimate of drug-likeness (QED) is 0.432. The molecule has 1 heterocycles. The van der Waals surface area contributed by atoms with Gasteiger partial charge in [-0.1, -0.05) is 41.5 Å². The zero-order valence-corrected chi connectivity index (χ0v) is 17.7. The van der Waals surface area contributed by atoms with Crippen LogP contribution < -0.4 is 9.47 Å². The lowest BCUT2D eigenvalue weighted by Gasteiger charge is -2.13. The molecule has 0 amide bonds. The Kier molecular flexibility index (Phi) is 5.58. The fourth-order valence-electron chi connectivity index (χ4n) is 3.46. The van der Waals surface area contributed by atoms with Gasteiger partial charge in [0.2, 0.25) is 0 Å². The van der Waals surface area contributed by atoms with Crippen LogP contribution in [-0.2, 0) is 6.61 Å². The van der Waals surface area contributed by atoms with Crippen LogP contribution in [0.1, 0.15) is 27.0 Å². The van der Waals surface area contributed by atoms with Crippen LogP contribution in [-0.4, -0.2) is 23.2 Å². The Bertz CT molecular complexity index is 1260. The third-order valence-electron chi connectivity index (χ3n) is 5.17. The molecule has 156 valence electrons. The molecule has 1 aromatic heterocycles. The van der Waals surface area contributed by atoms with E-state index in [1.165, 1.54) is 5.56 Å². The van der Waals surface area contributed by atoms with Gasteiger partial charge in [-0.25, -0.2) is 9.78 Å². The molecular formula is C26H23NO4. The monoisotopic (exact) mass is 413 g/mol. The van der Waals surface area contributed by atoms with E-state index in [1.807, 2.05) is 74.5 Å². The first-order valence-corrected chi connectivity index (χ1v) is 9.96. The van der Waals surface area contributed by atoms with Crippen LogP contribution in [0.25, 0.3) is 22.2 Å². The standard InChI is InChI=1S/C26H23NO4/c1-16-4-7-18(8-5-16)15-31-24-11-9-19(13-25(24)30-3)23-14-21(26(28)29)20-12-17(2)6-10-22(20)27-23/h4-14H,15H2,1-3H3,(H,28,29). The van der Waals surface area contributed by atoms with Gasteiger partial charge in [-0.3, -0.25) is 0 Å².